The lowest BCUT2D eigenvalue weighted by atomic mass is 9.95. The maximum atomic E-state index is 13.4. The number of aliphatic hydroxyl groups excluding tert-OH is 1. The number of rotatable bonds is 8. The Morgan fingerprint density at radius 3 is 2.58 bits per heavy atom. The molecule has 0 bridgehead atoms. The van der Waals surface area contributed by atoms with E-state index in [9.17, 15) is 29.6 Å². The number of anilines is 1. The predicted octanol–water partition coefficient (Wildman–Crippen LogP) is 4.56. The van der Waals surface area contributed by atoms with Gasteiger partial charge in [-0.25, -0.2) is 9.78 Å². The molecule has 2 heterocycles. The summed E-state index contributed by atoms with van der Waals surface area (Å²) in [7, 11) is 0. The third-order valence-electron chi connectivity index (χ3n) is 5.71. The summed E-state index contributed by atoms with van der Waals surface area (Å²) in [5.74, 6) is -2.69. The zero-order valence-corrected chi connectivity index (χ0v) is 21.5. The van der Waals surface area contributed by atoms with Crippen LogP contribution in [0.15, 0.2) is 54.1 Å². The third-order valence-corrected chi connectivity index (χ3v) is 6.85. The number of hydrogen-bond acceptors (Lipinski definition) is 10. The summed E-state index contributed by atoms with van der Waals surface area (Å²) in [6.07, 6.45) is 0. The topological polar surface area (TPSA) is 149 Å². The van der Waals surface area contributed by atoms with Crippen molar-refractivity contribution in [3.05, 3.63) is 85.9 Å². The Hall–Kier alpha value is -4.58. The van der Waals surface area contributed by atoms with Gasteiger partial charge in [0.1, 0.15) is 16.4 Å². The zero-order valence-electron chi connectivity index (χ0n) is 20.7. The van der Waals surface area contributed by atoms with E-state index in [0.29, 0.717) is 12.4 Å². The van der Waals surface area contributed by atoms with Gasteiger partial charge in [-0.15, -0.1) is 0 Å². The van der Waals surface area contributed by atoms with Crippen LogP contribution in [-0.2, 0) is 14.3 Å². The lowest BCUT2D eigenvalue weighted by molar-refractivity contribution is -0.384. The van der Waals surface area contributed by atoms with Crippen LogP contribution in [-0.4, -0.2) is 45.9 Å². The fraction of sp³-hybridized carbons (Fsp3) is 0.231. The summed E-state index contributed by atoms with van der Waals surface area (Å²) < 4.78 is 10.5. The van der Waals surface area contributed by atoms with Crippen LogP contribution >= 0.6 is 11.3 Å². The molecule has 38 heavy (non-hydrogen) atoms. The van der Waals surface area contributed by atoms with Crippen LogP contribution in [0.25, 0.3) is 5.76 Å². The first-order valence-electron chi connectivity index (χ1n) is 11.6. The molecule has 1 aliphatic heterocycles. The highest BCUT2D eigenvalue weighted by Crippen LogP contribution is 2.44. The number of thiazole rings is 1. The minimum Gasteiger partial charge on any atom is -0.507 e. The van der Waals surface area contributed by atoms with Crippen molar-refractivity contribution in [3.8, 4) is 5.75 Å². The van der Waals surface area contributed by atoms with Gasteiger partial charge in [0.15, 0.2) is 5.13 Å². The molecular weight excluding hydrogens is 514 g/mol. The third kappa shape index (κ3) is 4.85. The van der Waals surface area contributed by atoms with Gasteiger partial charge in [-0.1, -0.05) is 35.6 Å². The van der Waals surface area contributed by atoms with Gasteiger partial charge in [-0.05, 0) is 38.5 Å². The smallest absolute Gasteiger partial charge is 0.350 e. The van der Waals surface area contributed by atoms with Gasteiger partial charge in [0.25, 0.3) is 11.5 Å². The van der Waals surface area contributed by atoms with Crippen LogP contribution in [0.5, 0.6) is 5.75 Å². The van der Waals surface area contributed by atoms with Gasteiger partial charge >= 0.3 is 11.9 Å². The number of nitrogens with zero attached hydrogens (tertiary/aromatic N) is 3. The number of aryl methyl sites for hydroxylation is 1. The Balaban J connectivity index is 1.93. The molecule has 12 heteroatoms. The second-order valence-electron chi connectivity index (χ2n) is 8.11. The lowest BCUT2D eigenvalue weighted by Gasteiger charge is -2.23. The highest BCUT2D eigenvalue weighted by Gasteiger charge is 2.48. The van der Waals surface area contributed by atoms with Crippen LogP contribution < -0.4 is 9.64 Å². The van der Waals surface area contributed by atoms with Gasteiger partial charge < -0.3 is 14.6 Å². The lowest BCUT2D eigenvalue weighted by Crippen LogP contribution is -2.29. The summed E-state index contributed by atoms with van der Waals surface area (Å²) in [5, 5.41) is 22.8. The number of benzene rings is 2. The highest BCUT2D eigenvalue weighted by atomic mass is 32.1. The number of Topliss-reactive ketones (excluding diaryl/α,β-unsaturated/α-hetero) is 1. The van der Waals surface area contributed by atoms with E-state index in [0.717, 1.165) is 16.2 Å². The van der Waals surface area contributed by atoms with Crippen molar-refractivity contribution in [3.63, 3.8) is 0 Å². The Bertz CT molecular complexity index is 1480. The highest BCUT2D eigenvalue weighted by molar-refractivity contribution is 7.17. The summed E-state index contributed by atoms with van der Waals surface area (Å²) in [6.45, 7) is 5.50. The van der Waals surface area contributed by atoms with Gasteiger partial charge in [0, 0.05) is 17.7 Å². The van der Waals surface area contributed by atoms with E-state index in [2.05, 4.69) is 4.98 Å². The fourth-order valence-electron chi connectivity index (χ4n) is 4.08. The monoisotopic (exact) mass is 537 g/mol. The molecule has 2 aromatic carbocycles. The first-order chi connectivity index (χ1) is 18.2. The van der Waals surface area contributed by atoms with E-state index in [-0.39, 0.29) is 44.7 Å². The predicted molar refractivity (Wildman–Crippen MR) is 138 cm³/mol. The summed E-state index contributed by atoms with van der Waals surface area (Å²) in [5.41, 5.74) is 0.148. The van der Waals surface area contributed by atoms with Crippen molar-refractivity contribution in [1.29, 1.82) is 0 Å². The first kappa shape index (κ1) is 26.5. The average molecular weight is 538 g/mol. The molecule has 1 aliphatic rings. The van der Waals surface area contributed by atoms with E-state index in [1.807, 2.05) is 0 Å². The number of hydrogen-bond donors (Lipinski definition) is 1. The van der Waals surface area contributed by atoms with Crippen LogP contribution in [0.1, 0.15) is 46.4 Å². The van der Waals surface area contributed by atoms with Crippen LogP contribution in [0.2, 0.25) is 0 Å². The number of aliphatic hydroxyl groups is 1. The van der Waals surface area contributed by atoms with Crippen molar-refractivity contribution in [2.24, 2.45) is 0 Å². The summed E-state index contributed by atoms with van der Waals surface area (Å²) in [4.78, 5) is 55.5. The van der Waals surface area contributed by atoms with Crippen molar-refractivity contribution < 1.29 is 33.9 Å². The van der Waals surface area contributed by atoms with E-state index in [1.165, 1.54) is 30.3 Å². The maximum Gasteiger partial charge on any atom is 0.350 e. The van der Waals surface area contributed by atoms with Gasteiger partial charge in [0.2, 0.25) is 0 Å². The van der Waals surface area contributed by atoms with Crippen molar-refractivity contribution in [1.82, 2.24) is 4.98 Å². The second-order valence-corrected chi connectivity index (χ2v) is 9.09. The molecule has 1 aromatic heterocycles. The number of carbonyl (C=O) groups is 3. The van der Waals surface area contributed by atoms with E-state index < -0.39 is 34.4 Å². The molecule has 11 nitrogen and oxygen atoms in total. The molecule has 1 unspecified atom stereocenters. The normalized spacial score (nSPS) is 16.5. The standard InChI is InChI=1S/C26H23N3O8S/c1-4-36-18-11-7-9-16(13-18)21(30)19-20(15-8-6-10-17(12-15)29(34)35)28(24(32)22(19)31)26-27-14(3)23(38-26)25(33)37-5-2/h6-13,20,30H,4-5H2,1-3H3. The number of nitro benzene ring substituents is 1. The van der Waals surface area contributed by atoms with Crippen LogP contribution in [0.3, 0.4) is 0 Å². The molecule has 0 saturated carbocycles. The van der Waals surface area contributed by atoms with Crippen molar-refractivity contribution >= 4 is 45.6 Å². The van der Waals surface area contributed by atoms with Crippen molar-refractivity contribution in [2.75, 3.05) is 18.1 Å². The molecule has 0 spiro atoms. The number of nitro groups is 1. The minimum absolute atomic E-state index is 0.00581. The number of aromatic nitrogens is 1. The first-order valence-corrected chi connectivity index (χ1v) is 12.4. The zero-order chi connectivity index (χ0) is 27.6. The number of ether oxygens (including phenoxy) is 2. The Morgan fingerprint density at radius 1 is 1.16 bits per heavy atom. The Kier molecular flexibility index (Phi) is 7.53. The van der Waals surface area contributed by atoms with E-state index in [4.69, 9.17) is 9.47 Å². The number of carbonyl (C=O) groups excluding carboxylic acids is 3. The largest absolute Gasteiger partial charge is 0.507 e. The summed E-state index contributed by atoms with van der Waals surface area (Å²) in [6, 6.07) is 10.5. The molecule has 1 N–H and O–H groups in total. The average Bonchev–Trinajstić information content (AvgIpc) is 3.41. The number of amides is 1. The van der Waals surface area contributed by atoms with Gasteiger partial charge in [0.05, 0.1) is 35.4 Å². The molecule has 0 aliphatic carbocycles. The van der Waals surface area contributed by atoms with Crippen molar-refractivity contribution in [2.45, 2.75) is 26.8 Å². The molecule has 1 amide bonds. The molecular formula is C26H23N3O8S. The fourth-order valence-corrected chi connectivity index (χ4v) is 5.07. The molecule has 3 aromatic rings. The molecule has 4 rings (SSSR count). The second kappa shape index (κ2) is 10.8. The maximum absolute atomic E-state index is 13.4. The van der Waals surface area contributed by atoms with Crippen LogP contribution in [0, 0.1) is 17.0 Å². The summed E-state index contributed by atoms with van der Waals surface area (Å²) >= 11 is 0.847. The molecule has 1 atom stereocenters. The molecule has 0 radical (unpaired) electrons. The van der Waals surface area contributed by atoms with Gasteiger partial charge in [-0.3, -0.25) is 24.6 Å². The molecule has 1 saturated heterocycles. The SMILES string of the molecule is CCOC(=O)c1sc(N2C(=O)C(=O)C(=C(O)c3cccc(OCC)c3)C2c2cccc([N+](=O)[O-])c2)nc1C. The van der Waals surface area contributed by atoms with Crippen LogP contribution in [0.4, 0.5) is 10.8 Å². The number of ketones is 1. The quantitative estimate of drug-likeness (QED) is 0.109. The van der Waals surface area contributed by atoms with E-state index >= 15 is 0 Å². The molecule has 196 valence electrons. The minimum atomic E-state index is -1.26. The Labute approximate surface area is 221 Å². The number of esters is 1. The number of non-ortho nitro benzene ring substituents is 1. The Morgan fingerprint density at radius 2 is 1.89 bits per heavy atom. The molecule has 1 fully saturated rings. The van der Waals surface area contributed by atoms with E-state index in [1.54, 1.807) is 39.0 Å². The van der Waals surface area contributed by atoms with Gasteiger partial charge in [-0.2, -0.15) is 0 Å².